The molecule has 1 aliphatic rings. The van der Waals surface area contributed by atoms with Gasteiger partial charge in [0, 0.05) is 30.9 Å². The molecule has 4 N–H and O–H groups in total. The monoisotopic (exact) mass is 956 g/mol. The molecule has 0 unspecified atom stereocenters. The lowest BCUT2D eigenvalue weighted by atomic mass is 10.0. The van der Waals surface area contributed by atoms with Crippen molar-refractivity contribution in [3.05, 3.63) is 155 Å². The molecule has 1 fully saturated rings. The maximum Gasteiger partial charge on any atom is 0.407 e. The molecule has 2 heterocycles. The summed E-state index contributed by atoms with van der Waals surface area (Å²) in [6.45, 7) is 11.9. The Labute approximate surface area is 407 Å². The number of carbonyl (C=O) groups excluding carboxylic acids is 3. The van der Waals surface area contributed by atoms with Gasteiger partial charge in [0.05, 0.1) is 23.3 Å². The van der Waals surface area contributed by atoms with Crippen LogP contribution in [0.15, 0.2) is 127 Å². The van der Waals surface area contributed by atoms with Crippen molar-refractivity contribution < 1.29 is 38.1 Å². The highest BCUT2D eigenvalue weighted by Gasteiger charge is 2.33. The summed E-state index contributed by atoms with van der Waals surface area (Å²) in [5, 5.41) is 12.0. The van der Waals surface area contributed by atoms with Gasteiger partial charge >= 0.3 is 12.2 Å². The Kier molecular flexibility index (Phi) is 16.1. The van der Waals surface area contributed by atoms with Crippen LogP contribution >= 0.6 is 11.6 Å². The van der Waals surface area contributed by atoms with Gasteiger partial charge in [0.15, 0.2) is 0 Å². The van der Waals surface area contributed by atoms with Crippen molar-refractivity contribution in [1.82, 2.24) is 25.6 Å². The lowest BCUT2D eigenvalue weighted by Crippen LogP contribution is -2.58. The highest BCUT2D eigenvalue weighted by atomic mass is 35.5. The Hall–Kier alpha value is -7.59. The van der Waals surface area contributed by atoms with Crippen molar-refractivity contribution in [3.63, 3.8) is 0 Å². The number of ether oxygens (including phenoxy) is 5. The van der Waals surface area contributed by atoms with Crippen molar-refractivity contribution in [2.24, 2.45) is 0 Å². The van der Waals surface area contributed by atoms with Crippen LogP contribution in [-0.4, -0.2) is 69.4 Å². The van der Waals surface area contributed by atoms with Crippen LogP contribution in [0.3, 0.4) is 0 Å². The van der Waals surface area contributed by atoms with Crippen LogP contribution < -0.4 is 40.4 Å². The van der Waals surface area contributed by atoms with Crippen LogP contribution in [0.25, 0.3) is 0 Å². The van der Waals surface area contributed by atoms with Gasteiger partial charge in [-0.05, 0) is 101 Å². The fraction of sp³-hybridized carbons (Fsp3) is 0.308. The minimum atomic E-state index is -0.725. The SMILES string of the molecule is CC(C)(C)OC(=O)N[C@@H]1C[C@H](NC(=O)OC(C)(C)C)CN(c2nc(Cl)nc(Nc3ccc(NC(=O)c4ccc(OCc5ccccc5)cc4OCc4ccccc4)c(OCc4ccccc4)c3)n2)C1. The highest BCUT2D eigenvalue weighted by Crippen LogP contribution is 2.33. The highest BCUT2D eigenvalue weighted by molar-refractivity contribution is 6.28. The molecule has 2 atom stereocenters. The minimum Gasteiger partial charge on any atom is -0.489 e. The van der Waals surface area contributed by atoms with Crippen LogP contribution in [0.1, 0.15) is 75.0 Å². The number of carbonyl (C=O) groups is 3. The molecule has 17 heteroatoms. The molecule has 5 aromatic carbocycles. The Balaban J connectivity index is 1.13. The summed E-state index contributed by atoms with van der Waals surface area (Å²) in [6, 6.07) is 38.4. The summed E-state index contributed by atoms with van der Waals surface area (Å²) >= 11 is 6.54. The summed E-state index contributed by atoms with van der Waals surface area (Å²) in [7, 11) is 0. The second kappa shape index (κ2) is 22.5. The Morgan fingerprint density at radius 1 is 0.623 bits per heavy atom. The Morgan fingerprint density at radius 2 is 1.14 bits per heavy atom. The molecule has 3 amide bonds. The lowest BCUT2D eigenvalue weighted by molar-refractivity contribution is 0.0475. The average molecular weight is 958 g/mol. The van der Waals surface area contributed by atoms with Crippen molar-refractivity contribution in [2.75, 3.05) is 28.6 Å². The fourth-order valence-electron chi connectivity index (χ4n) is 7.21. The number of alkyl carbamates (subject to hydrolysis) is 2. The average Bonchev–Trinajstić information content (AvgIpc) is 3.29. The van der Waals surface area contributed by atoms with Crippen LogP contribution in [0.2, 0.25) is 5.28 Å². The van der Waals surface area contributed by atoms with E-state index in [1.807, 2.05) is 91.0 Å². The van der Waals surface area contributed by atoms with Gasteiger partial charge in [-0.1, -0.05) is 91.0 Å². The number of benzene rings is 5. The van der Waals surface area contributed by atoms with E-state index >= 15 is 0 Å². The lowest BCUT2D eigenvalue weighted by Gasteiger charge is -2.38. The zero-order valence-corrected chi connectivity index (χ0v) is 40.2. The van der Waals surface area contributed by atoms with E-state index in [0.29, 0.717) is 41.7 Å². The summed E-state index contributed by atoms with van der Waals surface area (Å²) in [6.07, 6.45) is -0.834. The topological polar surface area (TPSA) is 187 Å². The third-order valence-corrected chi connectivity index (χ3v) is 10.3. The first kappa shape index (κ1) is 49.3. The first-order valence-corrected chi connectivity index (χ1v) is 22.9. The van der Waals surface area contributed by atoms with Gasteiger partial charge < -0.3 is 49.9 Å². The Morgan fingerprint density at radius 3 is 1.68 bits per heavy atom. The first-order valence-electron chi connectivity index (χ1n) is 22.5. The second-order valence-corrected chi connectivity index (χ2v) is 18.7. The Bertz CT molecular complexity index is 2650. The molecule has 0 radical (unpaired) electrons. The first-order chi connectivity index (χ1) is 33.0. The number of hydrogen-bond acceptors (Lipinski definition) is 13. The second-order valence-electron chi connectivity index (χ2n) is 18.3. The minimum absolute atomic E-state index is 0.101. The number of nitrogens with one attached hydrogen (secondary N) is 4. The van der Waals surface area contributed by atoms with E-state index in [9.17, 15) is 14.4 Å². The summed E-state index contributed by atoms with van der Waals surface area (Å²) in [5.41, 5.74) is 2.56. The molecule has 69 heavy (non-hydrogen) atoms. The predicted octanol–water partition coefficient (Wildman–Crippen LogP) is 10.3. The van der Waals surface area contributed by atoms with Crippen LogP contribution in [0.4, 0.5) is 32.9 Å². The van der Waals surface area contributed by atoms with E-state index in [4.69, 9.17) is 40.3 Å². The number of hydrogen-bond donors (Lipinski definition) is 4. The predicted molar refractivity (Wildman–Crippen MR) is 264 cm³/mol. The van der Waals surface area contributed by atoms with Gasteiger partial charge in [-0.2, -0.15) is 15.0 Å². The largest absolute Gasteiger partial charge is 0.489 e. The number of nitrogens with zero attached hydrogens (tertiary/aromatic N) is 4. The molecule has 16 nitrogen and oxygen atoms in total. The summed E-state index contributed by atoms with van der Waals surface area (Å²) in [4.78, 5) is 55.3. The number of rotatable bonds is 16. The van der Waals surface area contributed by atoms with Gasteiger partial charge in [0.1, 0.15) is 48.3 Å². The van der Waals surface area contributed by atoms with Crippen LogP contribution in [0, 0.1) is 0 Å². The number of piperidine rings is 1. The van der Waals surface area contributed by atoms with E-state index in [0.717, 1.165) is 16.7 Å². The maximum atomic E-state index is 14.2. The van der Waals surface area contributed by atoms with E-state index in [-0.39, 0.29) is 49.0 Å². The van der Waals surface area contributed by atoms with Crippen LogP contribution in [0.5, 0.6) is 17.2 Å². The van der Waals surface area contributed by atoms with E-state index in [1.54, 1.807) is 82.8 Å². The van der Waals surface area contributed by atoms with Gasteiger partial charge in [-0.15, -0.1) is 0 Å². The zero-order chi connectivity index (χ0) is 49.0. The quantitative estimate of drug-likeness (QED) is 0.0718. The molecular weight excluding hydrogens is 900 g/mol. The maximum absolute atomic E-state index is 14.2. The van der Waals surface area contributed by atoms with Gasteiger partial charge in [0.25, 0.3) is 5.91 Å². The molecule has 0 bridgehead atoms. The zero-order valence-electron chi connectivity index (χ0n) is 39.5. The third-order valence-electron chi connectivity index (χ3n) is 10.2. The third kappa shape index (κ3) is 15.5. The standard InChI is InChI=1S/C52H57ClN8O8/c1-51(2,3)68-49(63)55-38-26-39(56-50(64)69-52(4,5)6)30-61(29-38)48-59-46(53)58-47(60-48)54-37-22-25-42(44(27-37)67-33-36-20-14-9-15-21-36)57-45(62)41-24-23-40(65-31-34-16-10-7-11-17-34)28-43(41)66-32-35-18-12-8-13-19-35/h7-25,27-28,38-39H,26,29-33H2,1-6H3,(H,55,63)(H,56,64)(H,57,62)(H,54,58,59,60)/t38-,39+. The summed E-state index contributed by atoms with van der Waals surface area (Å²) < 4.78 is 29.8. The smallest absolute Gasteiger partial charge is 0.407 e. The van der Waals surface area contributed by atoms with Crippen LogP contribution in [-0.2, 0) is 29.3 Å². The summed E-state index contributed by atoms with van der Waals surface area (Å²) in [5.74, 6) is 1.07. The van der Waals surface area contributed by atoms with Gasteiger partial charge in [-0.25, -0.2) is 9.59 Å². The molecule has 360 valence electrons. The number of halogens is 1. The molecule has 0 saturated carbocycles. The number of aromatic nitrogens is 3. The van der Waals surface area contributed by atoms with Crippen molar-refractivity contribution >= 4 is 53.0 Å². The number of anilines is 4. The fourth-order valence-corrected chi connectivity index (χ4v) is 7.37. The molecule has 7 rings (SSSR count). The number of amides is 3. The van der Waals surface area contributed by atoms with Crippen molar-refractivity contribution in [2.45, 2.75) is 91.1 Å². The van der Waals surface area contributed by atoms with E-state index in [1.165, 1.54) is 0 Å². The molecule has 1 saturated heterocycles. The van der Waals surface area contributed by atoms with E-state index < -0.39 is 41.4 Å². The van der Waals surface area contributed by atoms with Crippen molar-refractivity contribution in [1.29, 1.82) is 0 Å². The molecule has 6 aromatic rings. The molecule has 1 aliphatic heterocycles. The van der Waals surface area contributed by atoms with Crippen molar-refractivity contribution in [3.8, 4) is 17.2 Å². The molecule has 0 aliphatic carbocycles. The normalized spacial score (nSPS) is 14.7. The molecular formula is C52H57ClN8O8. The molecule has 0 spiro atoms. The van der Waals surface area contributed by atoms with E-state index in [2.05, 4.69) is 31.2 Å². The van der Waals surface area contributed by atoms with Gasteiger partial charge in [0.2, 0.25) is 17.2 Å². The molecule has 1 aromatic heterocycles. The van der Waals surface area contributed by atoms with Gasteiger partial charge in [-0.3, -0.25) is 4.79 Å².